The highest BCUT2D eigenvalue weighted by atomic mass is 19.4. The van der Waals surface area contributed by atoms with E-state index in [1.807, 2.05) is 0 Å². The van der Waals surface area contributed by atoms with Crippen molar-refractivity contribution in [2.75, 3.05) is 0 Å². The molecule has 0 aromatic rings. The Balaban J connectivity index is 3.96. The Bertz CT molecular complexity index is 536. The number of alkyl halides is 15. The van der Waals surface area contributed by atoms with Gasteiger partial charge in [0.15, 0.2) is 0 Å². The van der Waals surface area contributed by atoms with E-state index in [9.17, 15) is 65.9 Å². The van der Waals surface area contributed by atoms with E-state index in [-0.39, 0.29) is 12.8 Å². The van der Waals surface area contributed by atoms with Crippen LogP contribution in [0, 0.1) is 35.5 Å². The smallest absolute Gasteiger partial charge is 0.171 e. The van der Waals surface area contributed by atoms with E-state index in [1.165, 1.54) is 6.92 Å². The van der Waals surface area contributed by atoms with Gasteiger partial charge in [-0.1, -0.05) is 26.2 Å². The summed E-state index contributed by atoms with van der Waals surface area (Å²) in [5.41, 5.74) is 0. The summed E-state index contributed by atoms with van der Waals surface area (Å²) in [6.45, 7) is 1.40. The fourth-order valence-electron chi connectivity index (χ4n) is 4.53. The molecule has 1 fully saturated rings. The lowest BCUT2D eigenvalue weighted by molar-refractivity contribution is -0.391. The van der Waals surface area contributed by atoms with Crippen molar-refractivity contribution in [3.05, 3.63) is 0 Å². The molecule has 0 aromatic carbocycles. The summed E-state index contributed by atoms with van der Waals surface area (Å²) in [5, 5.41) is 0. The second-order valence-corrected chi connectivity index (χ2v) is 7.50. The minimum Gasteiger partial charge on any atom is -0.171 e. The van der Waals surface area contributed by atoms with Gasteiger partial charge in [-0.25, -0.2) is 0 Å². The Kier molecular flexibility index (Phi) is 7.86. The molecule has 0 bridgehead atoms. The maximum Gasteiger partial charge on any atom is 0.393 e. The van der Waals surface area contributed by atoms with Crippen molar-refractivity contribution in [1.29, 1.82) is 0 Å². The summed E-state index contributed by atoms with van der Waals surface area (Å²) in [5.74, 6) is -26.4. The van der Waals surface area contributed by atoms with E-state index in [2.05, 4.69) is 0 Å². The molecule has 0 saturated heterocycles. The van der Waals surface area contributed by atoms with E-state index >= 15 is 0 Å². The van der Waals surface area contributed by atoms with Gasteiger partial charge in [-0.15, -0.1) is 0 Å². The van der Waals surface area contributed by atoms with Crippen molar-refractivity contribution in [1.82, 2.24) is 0 Å². The van der Waals surface area contributed by atoms with Crippen LogP contribution in [0.3, 0.4) is 0 Å². The largest absolute Gasteiger partial charge is 0.393 e. The third-order valence-corrected chi connectivity index (χ3v) is 5.50. The van der Waals surface area contributed by atoms with E-state index in [4.69, 9.17) is 0 Å². The van der Waals surface area contributed by atoms with E-state index in [0.717, 1.165) is 0 Å². The zero-order valence-electron chi connectivity index (χ0n) is 15.5. The van der Waals surface area contributed by atoms with Gasteiger partial charge in [0.25, 0.3) is 0 Å². The molecular formula is C16H17F15. The zero-order valence-corrected chi connectivity index (χ0v) is 15.5. The minimum absolute atomic E-state index is 0.136. The van der Waals surface area contributed by atoms with Crippen LogP contribution >= 0.6 is 0 Å². The molecule has 0 amide bonds. The minimum atomic E-state index is -6.64. The molecule has 0 aromatic heterocycles. The van der Waals surface area contributed by atoms with E-state index in [1.54, 1.807) is 0 Å². The van der Waals surface area contributed by atoms with Crippen LogP contribution in [0.4, 0.5) is 65.9 Å². The van der Waals surface area contributed by atoms with Crippen LogP contribution in [-0.2, 0) is 0 Å². The zero-order chi connectivity index (χ0) is 24.8. The molecule has 4 atom stereocenters. The molecule has 0 heterocycles. The molecule has 0 spiro atoms. The predicted molar refractivity (Wildman–Crippen MR) is 75.4 cm³/mol. The normalized spacial score (nSPS) is 31.7. The Labute approximate surface area is 166 Å². The second-order valence-electron chi connectivity index (χ2n) is 7.50. The fourth-order valence-corrected chi connectivity index (χ4v) is 4.53. The van der Waals surface area contributed by atoms with Gasteiger partial charge in [-0.3, -0.25) is 0 Å². The molecule has 15 heteroatoms. The Hall–Kier alpha value is -1.05. The van der Waals surface area contributed by atoms with Crippen LogP contribution in [0.25, 0.3) is 0 Å². The van der Waals surface area contributed by atoms with E-state index in [0.29, 0.717) is 0 Å². The van der Waals surface area contributed by atoms with Crippen LogP contribution < -0.4 is 0 Å². The van der Waals surface area contributed by atoms with Crippen LogP contribution in [0.15, 0.2) is 0 Å². The number of hydrogen-bond donors (Lipinski definition) is 0. The van der Waals surface area contributed by atoms with Crippen LogP contribution in [0.2, 0.25) is 0 Å². The molecular weight excluding hydrogens is 477 g/mol. The van der Waals surface area contributed by atoms with Gasteiger partial charge in [0.2, 0.25) is 0 Å². The third-order valence-electron chi connectivity index (χ3n) is 5.50. The molecule has 1 rings (SSSR count). The standard InChI is InChI=1S/C16H17F15/c1-2-3-4-5-6-7(12(17,18)19)9(14(23,24)25)11(16(29,30)31)10(15(26,27)28)8(6)13(20,21)22/h6-11H,2-5H2,1H3. The van der Waals surface area contributed by atoms with Crippen molar-refractivity contribution in [3.8, 4) is 0 Å². The lowest BCUT2D eigenvalue weighted by Gasteiger charge is -2.53. The number of halogens is 15. The maximum absolute atomic E-state index is 13.5. The topological polar surface area (TPSA) is 0 Å². The SMILES string of the molecule is CCCCCC1C(C(F)(F)F)C(C(F)(F)F)C(C(F)(F)F)C(C(F)(F)F)C1C(F)(F)F. The number of hydrogen-bond acceptors (Lipinski definition) is 0. The Morgan fingerprint density at radius 1 is 0.419 bits per heavy atom. The molecule has 31 heavy (non-hydrogen) atoms. The highest BCUT2D eigenvalue weighted by Crippen LogP contribution is 2.66. The molecule has 0 radical (unpaired) electrons. The van der Waals surface area contributed by atoms with Crippen LogP contribution in [0.5, 0.6) is 0 Å². The Morgan fingerprint density at radius 2 is 0.677 bits per heavy atom. The second kappa shape index (κ2) is 8.71. The summed E-state index contributed by atoms with van der Waals surface area (Å²) < 4.78 is 201. The highest BCUT2D eigenvalue weighted by Gasteiger charge is 2.78. The summed E-state index contributed by atoms with van der Waals surface area (Å²) in [6, 6.07) is 0. The number of unbranched alkanes of at least 4 members (excludes halogenated alkanes) is 2. The van der Waals surface area contributed by atoms with Crippen molar-refractivity contribution in [3.63, 3.8) is 0 Å². The number of rotatable bonds is 4. The maximum atomic E-state index is 13.5. The van der Waals surface area contributed by atoms with Crippen molar-refractivity contribution in [2.45, 2.75) is 63.5 Å². The summed E-state index contributed by atoms with van der Waals surface area (Å²) in [7, 11) is 0. The van der Waals surface area contributed by atoms with Gasteiger partial charge >= 0.3 is 30.9 Å². The van der Waals surface area contributed by atoms with Crippen LogP contribution in [0.1, 0.15) is 32.6 Å². The highest BCUT2D eigenvalue weighted by molar-refractivity contribution is 5.06. The molecule has 186 valence electrons. The van der Waals surface area contributed by atoms with Gasteiger partial charge in [-0.2, -0.15) is 65.9 Å². The molecule has 0 nitrogen and oxygen atoms in total. The van der Waals surface area contributed by atoms with Crippen molar-refractivity contribution in [2.24, 2.45) is 35.5 Å². The predicted octanol–water partition coefficient (Wildman–Crippen LogP) is 8.09. The van der Waals surface area contributed by atoms with Crippen molar-refractivity contribution < 1.29 is 65.9 Å². The lowest BCUT2D eigenvalue weighted by atomic mass is 9.54. The summed E-state index contributed by atoms with van der Waals surface area (Å²) in [4.78, 5) is 0. The fraction of sp³-hybridized carbons (Fsp3) is 1.00. The third kappa shape index (κ3) is 6.26. The van der Waals surface area contributed by atoms with E-state index < -0.39 is 79.2 Å². The summed E-state index contributed by atoms with van der Waals surface area (Å²) >= 11 is 0. The summed E-state index contributed by atoms with van der Waals surface area (Å²) in [6.07, 6.45) is -34.2. The van der Waals surface area contributed by atoms with Gasteiger partial charge in [0.1, 0.15) is 0 Å². The molecule has 1 aliphatic carbocycles. The van der Waals surface area contributed by atoms with Gasteiger partial charge in [0.05, 0.1) is 29.6 Å². The first kappa shape index (κ1) is 28.0. The molecule has 0 aliphatic heterocycles. The molecule has 1 saturated carbocycles. The quantitative estimate of drug-likeness (QED) is 0.274. The first-order valence-corrected chi connectivity index (χ1v) is 8.89. The monoisotopic (exact) mass is 494 g/mol. The molecule has 1 aliphatic rings. The molecule has 0 N–H and O–H groups in total. The average Bonchev–Trinajstić information content (AvgIpc) is 2.48. The van der Waals surface area contributed by atoms with Crippen LogP contribution in [-0.4, -0.2) is 30.9 Å². The van der Waals surface area contributed by atoms with Gasteiger partial charge < -0.3 is 0 Å². The first-order chi connectivity index (χ1) is 13.6. The average molecular weight is 494 g/mol. The lowest BCUT2D eigenvalue weighted by Crippen LogP contribution is -2.64. The van der Waals surface area contributed by atoms with Gasteiger partial charge in [-0.05, 0) is 12.3 Å². The van der Waals surface area contributed by atoms with Gasteiger partial charge in [0, 0.05) is 0 Å². The van der Waals surface area contributed by atoms with Crippen molar-refractivity contribution >= 4 is 0 Å². The Morgan fingerprint density at radius 3 is 0.903 bits per heavy atom. The first-order valence-electron chi connectivity index (χ1n) is 8.89. The molecule has 4 unspecified atom stereocenters.